The second kappa shape index (κ2) is 6.54. The van der Waals surface area contributed by atoms with Crippen LogP contribution in [-0.2, 0) is 4.79 Å². The van der Waals surface area contributed by atoms with Gasteiger partial charge in [-0.1, -0.05) is 24.3 Å². The number of amides is 2. The molecule has 6 heteroatoms. The summed E-state index contributed by atoms with van der Waals surface area (Å²) in [5.41, 5.74) is 2.09. The Bertz CT molecular complexity index is 816. The number of carbonyl (C=O) groups excluding carboxylic acids is 2. The average molecular weight is 324 g/mol. The fourth-order valence-corrected chi connectivity index (χ4v) is 2.80. The Balaban J connectivity index is 1.72. The van der Waals surface area contributed by atoms with Crippen molar-refractivity contribution in [2.45, 2.75) is 12.3 Å². The molecule has 6 nitrogen and oxygen atoms in total. The summed E-state index contributed by atoms with van der Waals surface area (Å²) in [6, 6.07) is 13.3. The standard InChI is InChI=1S/C18H16N2O4/c21-16-9-13(14-6-1-2-7-15(14)20-16)10-19-17(22)11-4-3-5-12(8-11)18(23)24/h1-8,13H,9-10H2,(H,19,22)(H,20,21)(H,23,24). The summed E-state index contributed by atoms with van der Waals surface area (Å²) in [5.74, 6) is -1.63. The molecule has 24 heavy (non-hydrogen) atoms. The highest BCUT2D eigenvalue weighted by Gasteiger charge is 2.25. The maximum atomic E-state index is 12.3. The summed E-state index contributed by atoms with van der Waals surface area (Å²) in [5, 5.41) is 14.6. The van der Waals surface area contributed by atoms with Crippen LogP contribution in [0.15, 0.2) is 48.5 Å². The van der Waals surface area contributed by atoms with Crippen LogP contribution < -0.4 is 10.6 Å². The molecular formula is C18H16N2O4. The molecule has 2 aromatic rings. The first-order valence-corrected chi connectivity index (χ1v) is 7.55. The van der Waals surface area contributed by atoms with E-state index in [1.165, 1.54) is 18.2 Å². The lowest BCUT2D eigenvalue weighted by Gasteiger charge is -2.25. The lowest BCUT2D eigenvalue weighted by atomic mass is 9.90. The van der Waals surface area contributed by atoms with Crippen LogP contribution in [0.3, 0.4) is 0 Å². The number of para-hydroxylation sites is 1. The molecule has 3 rings (SSSR count). The van der Waals surface area contributed by atoms with Gasteiger partial charge in [0.05, 0.1) is 5.56 Å². The third-order valence-electron chi connectivity index (χ3n) is 3.99. The molecular weight excluding hydrogens is 308 g/mol. The van der Waals surface area contributed by atoms with Crippen LogP contribution in [0.25, 0.3) is 0 Å². The normalized spacial score (nSPS) is 16.0. The van der Waals surface area contributed by atoms with E-state index >= 15 is 0 Å². The smallest absolute Gasteiger partial charge is 0.335 e. The van der Waals surface area contributed by atoms with Gasteiger partial charge in [-0.2, -0.15) is 0 Å². The summed E-state index contributed by atoms with van der Waals surface area (Å²) in [6.07, 6.45) is 0.298. The Labute approximate surface area is 138 Å². The average Bonchev–Trinajstić information content (AvgIpc) is 2.59. The summed E-state index contributed by atoms with van der Waals surface area (Å²) in [7, 11) is 0. The molecule has 0 radical (unpaired) electrons. The van der Waals surface area contributed by atoms with E-state index in [0.717, 1.165) is 11.3 Å². The molecule has 2 amide bonds. The molecule has 1 heterocycles. The van der Waals surface area contributed by atoms with E-state index in [4.69, 9.17) is 5.11 Å². The maximum absolute atomic E-state index is 12.3. The first kappa shape index (κ1) is 15.7. The van der Waals surface area contributed by atoms with Gasteiger partial charge in [-0.05, 0) is 29.8 Å². The van der Waals surface area contributed by atoms with Crippen LogP contribution in [0.2, 0.25) is 0 Å². The molecule has 0 bridgehead atoms. The fourth-order valence-electron chi connectivity index (χ4n) is 2.80. The van der Waals surface area contributed by atoms with Crippen molar-refractivity contribution < 1.29 is 19.5 Å². The first-order chi connectivity index (χ1) is 11.5. The number of hydrogen-bond acceptors (Lipinski definition) is 3. The van der Waals surface area contributed by atoms with Crippen molar-refractivity contribution in [3.63, 3.8) is 0 Å². The fraction of sp³-hybridized carbons (Fsp3) is 0.167. The zero-order chi connectivity index (χ0) is 17.1. The third-order valence-corrected chi connectivity index (χ3v) is 3.99. The van der Waals surface area contributed by atoms with Gasteiger partial charge < -0.3 is 15.7 Å². The van der Waals surface area contributed by atoms with Gasteiger partial charge in [0.15, 0.2) is 0 Å². The van der Waals surface area contributed by atoms with E-state index in [9.17, 15) is 14.4 Å². The van der Waals surface area contributed by atoms with Crippen molar-refractivity contribution >= 4 is 23.5 Å². The number of carboxylic acids is 1. The molecule has 0 saturated heterocycles. The Kier molecular flexibility index (Phi) is 4.29. The zero-order valence-electron chi connectivity index (χ0n) is 12.8. The van der Waals surface area contributed by atoms with Crippen LogP contribution in [0.4, 0.5) is 5.69 Å². The Morgan fingerprint density at radius 3 is 2.67 bits per heavy atom. The van der Waals surface area contributed by atoms with Gasteiger partial charge in [-0.15, -0.1) is 0 Å². The molecule has 1 aliphatic heterocycles. The van der Waals surface area contributed by atoms with Gasteiger partial charge in [-0.25, -0.2) is 4.79 Å². The highest BCUT2D eigenvalue weighted by Crippen LogP contribution is 2.31. The minimum Gasteiger partial charge on any atom is -0.478 e. The van der Waals surface area contributed by atoms with E-state index < -0.39 is 5.97 Å². The van der Waals surface area contributed by atoms with Gasteiger partial charge in [0.25, 0.3) is 5.91 Å². The first-order valence-electron chi connectivity index (χ1n) is 7.55. The SMILES string of the molecule is O=C1CC(CNC(=O)c2cccc(C(=O)O)c2)c2ccccc2N1. The van der Waals surface area contributed by atoms with E-state index in [-0.39, 0.29) is 28.9 Å². The molecule has 0 saturated carbocycles. The van der Waals surface area contributed by atoms with Crippen molar-refractivity contribution in [2.24, 2.45) is 0 Å². The number of carbonyl (C=O) groups is 3. The summed E-state index contributed by atoms with van der Waals surface area (Å²) < 4.78 is 0. The number of nitrogens with one attached hydrogen (secondary N) is 2. The monoisotopic (exact) mass is 324 g/mol. The second-order valence-electron chi connectivity index (χ2n) is 5.63. The molecule has 0 aromatic heterocycles. The summed E-state index contributed by atoms with van der Waals surface area (Å²) in [4.78, 5) is 35.0. The number of fused-ring (bicyclic) bond motifs is 1. The molecule has 1 aliphatic rings. The number of rotatable bonds is 4. The van der Waals surface area contributed by atoms with Gasteiger partial charge in [0.1, 0.15) is 0 Å². The van der Waals surface area contributed by atoms with Gasteiger partial charge >= 0.3 is 5.97 Å². The Morgan fingerprint density at radius 2 is 1.88 bits per heavy atom. The second-order valence-corrected chi connectivity index (χ2v) is 5.63. The Morgan fingerprint density at radius 1 is 1.12 bits per heavy atom. The molecule has 2 aromatic carbocycles. The summed E-state index contributed by atoms with van der Waals surface area (Å²) in [6.45, 7) is 0.306. The third kappa shape index (κ3) is 3.27. The van der Waals surface area contributed by atoms with E-state index in [1.807, 2.05) is 24.3 Å². The van der Waals surface area contributed by atoms with Crippen molar-refractivity contribution in [3.05, 3.63) is 65.2 Å². The van der Waals surface area contributed by atoms with Crippen LogP contribution in [0, 0.1) is 0 Å². The van der Waals surface area contributed by atoms with Crippen molar-refractivity contribution in [3.8, 4) is 0 Å². The van der Waals surface area contributed by atoms with E-state index in [2.05, 4.69) is 10.6 Å². The number of hydrogen-bond donors (Lipinski definition) is 3. The molecule has 0 spiro atoms. The number of aromatic carboxylic acids is 1. The van der Waals surface area contributed by atoms with Crippen LogP contribution >= 0.6 is 0 Å². The lowest BCUT2D eigenvalue weighted by molar-refractivity contribution is -0.116. The molecule has 122 valence electrons. The highest BCUT2D eigenvalue weighted by molar-refractivity contribution is 5.98. The van der Waals surface area contributed by atoms with Gasteiger partial charge in [0, 0.05) is 30.1 Å². The van der Waals surface area contributed by atoms with E-state index in [0.29, 0.717) is 13.0 Å². The number of benzene rings is 2. The lowest BCUT2D eigenvalue weighted by Crippen LogP contribution is -2.33. The van der Waals surface area contributed by atoms with E-state index in [1.54, 1.807) is 6.07 Å². The van der Waals surface area contributed by atoms with Crippen LogP contribution in [0.5, 0.6) is 0 Å². The molecule has 0 aliphatic carbocycles. The highest BCUT2D eigenvalue weighted by atomic mass is 16.4. The molecule has 1 unspecified atom stereocenters. The van der Waals surface area contributed by atoms with Crippen LogP contribution in [-0.4, -0.2) is 29.4 Å². The van der Waals surface area contributed by atoms with Gasteiger partial charge in [-0.3, -0.25) is 9.59 Å². The van der Waals surface area contributed by atoms with Crippen molar-refractivity contribution in [1.29, 1.82) is 0 Å². The quantitative estimate of drug-likeness (QED) is 0.804. The zero-order valence-corrected chi connectivity index (χ0v) is 12.8. The predicted molar refractivity (Wildman–Crippen MR) is 88.2 cm³/mol. The summed E-state index contributed by atoms with van der Waals surface area (Å²) >= 11 is 0. The molecule has 1 atom stereocenters. The minimum absolute atomic E-state index is 0.0602. The van der Waals surface area contributed by atoms with Gasteiger partial charge in [0.2, 0.25) is 5.91 Å². The van der Waals surface area contributed by atoms with Crippen LogP contribution in [0.1, 0.15) is 38.6 Å². The van der Waals surface area contributed by atoms with Crippen molar-refractivity contribution in [1.82, 2.24) is 5.32 Å². The Hall–Kier alpha value is -3.15. The number of anilines is 1. The molecule has 0 fully saturated rings. The maximum Gasteiger partial charge on any atom is 0.335 e. The topological polar surface area (TPSA) is 95.5 Å². The molecule has 3 N–H and O–H groups in total. The number of carboxylic acid groups (broad SMARTS) is 1. The van der Waals surface area contributed by atoms with Crippen molar-refractivity contribution in [2.75, 3.05) is 11.9 Å². The minimum atomic E-state index is -1.08. The predicted octanol–water partition coefficient (Wildman–Crippen LogP) is 2.24. The largest absolute Gasteiger partial charge is 0.478 e.